The van der Waals surface area contributed by atoms with E-state index in [4.69, 9.17) is 0 Å². The van der Waals surface area contributed by atoms with Crippen LogP contribution >= 0.6 is 0 Å². The van der Waals surface area contributed by atoms with Crippen LogP contribution < -0.4 is 16.6 Å². The van der Waals surface area contributed by atoms with Gasteiger partial charge in [0.25, 0.3) is 5.56 Å². The Labute approximate surface area is 106 Å². The quantitative estimate of drug-likeness (QED) is 0.836. The minimum atomic E-state index is -0.665. The van der Waals surface area contributed by atoms with Crippen molar-refractivity contribution in [3.05, 3.63) is 63.2 Å². The SMILES string of the molecule is O=C(Cn1c(=O)cc[nH]c1=O)Nc1ccc(F)cc1. The number of benzene rings is 1. The van der Waals surface area contributed by atoms with Crippen molar-refractivity contribution in [3.8, 4) is 0 Å². The number of aromatic amines is 1. The van der Waals surface area contributed by atoms with Crippen molar-refractivity contribution in [1.29, 1.82) is 0 Å². The minimum Gasteiger partial charge on any atom is -0.325 e. The molecule has 0 spiro atoms. The Morgan fingerprint density at radius 1 is 1.21 bits per heavy atom. The van der Waals surface area contributed by atoms with Crippen LogP contribution in [-0.2, 0) is 11.3 Å². The van der Waals surface area contributed by atoms with E-state index in [1.54, 1.807) is 0 Å². The highest BCUT2D eigenvalue weighted by atomic mass is 19.1. The third-order valence-corrected chi connectivity index (χ3v) is 2.37. The van der Waals surface area contributed by atoms with Gasteiger partial charge in [0.1, 0.15) is 12.4 Å². The van der Waals surface area contributed by atoms with Gasteiger partial charge in [0.15, 0.2) is 0 Å². The van der Waals surface area contributed by atoms with Gasteiger partial charge in [-0.1, -0.05) is 0 Å². The normalized spacial score (nSPS) is 10.2. The molecule has 6 nitrogen and oxygen atoms in total. The summed E-state index contributed by atoms with van der Waals surface area (Å²) in [5, 5.41) is 2.45. The Balaban J connectivity index is 2.12. The van der Waals surface area contributed by atoms with E-state index in [0.29, 0.717) is 5.69 Å². The maximum atomic E-state index is 12.7. The predicted molar refractivity (Wildman–Crippen MR) is 66.4 cm³/mol. The first-order chi connectivity index (χ1) is 9.06. The number of H-pyrrole nitrogens is 1. The Morgan fingerprint density at radius 2 is 1.89 bits per heavy atom. The average Bonchev–Trinajstić information content (AvgIpc) is 2.37. The second kappa shape index (κ2) is 5.30. The number of nitrogens with one attached hydrogen (secondary N) is 2. The second-order valence-corrected chi connectivity index (χ2v) is 3.76. The lowest BCUT2D eigenvalue weighted by molar-refractivity contribution is -0.116. The number of amides is 1. The zero-order chi connectivity index (χ0) is 13.8. The number of carbonyl (C=O) groups is 1. The van der Waals surface area contributed by atoms with Crippen molar-refractivity contribution in [2.75, 3.05) is 5.32 Å². The number of rotatable bonds is 3. The molecule has 2 N–H and O–H groups in total. The van der Waals surface area contributed by atoms with Crippen LogP contribution in [-0.4, -0.2) is 15.5 Å². The van der Waals surface area contributed by atoms with Crippen LogP contribution in [0.4, 0.5) is 10.1 Å². The maximum absolute atomic E-state index is 12.7. The zero-order valence-electron chi connectivity index (χ0n) is 9.72. The number of nitrogens with zero attached hydrogens (tertiary/aromatic N) is 1. The molecular formula is C12H10FN3O3. The molecule has 0 atom stereocenters. The van der Waals surface area contributed by atoms with Crippen molar-refractivity contribution in [1.82, 2.24) is 9.55 Å². The van der Waals surface area contributed by atoms with E-state index < -0.39 is 29.5 Å². The first-order valence-electron chi connectivity index (χ1n) is 5.40. The molecule has 2 aromatic rings. The monoisotopic (exact) mass is 263 g/mol. The van der Waals surface area contributed by atoms with Gasteiger partial charge in [-0.05, 0) is 24.3 Å². The van der Waals surface area contributed by atoms with Gasteiger partial charge in [0, 0.05) is 18.0 Å². The molecule has 1 aromatic carbocycles. The molecule has 0 saturated heterocycles. The largest absolute Gasteiger partial charge is 0.328 e. The lowest BCUT2D eigenvalue weighted by atomic mass is 10.3. The maximum Gasteiger partial charge on any atom is 0.328 e. The van der Waals surface area contributed by atoms with Gasteiger partial charge in [-0.25, -0.2) is 9.18 Å². The number of anilines is 1. The third kappa shape index (κ3) is 3.15. The molecule has 0 radical (unpaired) electrons. The van der Waals surface area contributed by atoms with Gasteiger partial charge in [-0.2, -0.15) is 0 Å². The molecule has 1 amide bonds. The first kappa shape index (κ1) is 12.7. The Bertz CT molecular complexity index is 675. The fraction of sp³-hybridized carbons (Fsp3) is 0.0833. The molecule has 98 valence electrons. The number of hydrogen-bond acceptors (Lipinski definition) is 3. The van der Waals surface area contributed by atoms with E-state index in [1.807, 2.05) is 0 Å². The number of hydrogen-bond donors (Lipinski definition) is 2. The first-order valence-corrected chi connectivity index (χ1v) is 5.40. The van der Waals surface area contributed by atoms with Crippen LogP contribution in [0.2, 0.25) is 0 Å². The molecule has 7 heteroatoms. The molecule has 0 aliphatic carbocycles. The van der Waals surface area contributed by atoms with Gasteiger partial charge < -0.3 is 10.3 Å². The average molecular weight is 263 g/mol. The fourth-order valence-electron chi connectivity index (χ4n) is 1.48. The van der Waals surface area contributed by atoms with E-state index in [2.05, 4.69) is 10.3 Å². The lowest BCUT2D eigenvalue weighted by Crippen LogP contribution is -2.37. The summed E-state index contributed by atoms with van der Waals surface area (Å²) in [4.78, 5) is 36.7. The van der Waals surface area contributed by atoms with Gasteiger partial charge in [0.05, 0.1) is 0 Å². The van der Waals surface area contributed by atoms with Gasteiger partial charge in [-0.15, -0.1) is 0 Å². The summed E-state index contributed by atoms with van der Waals surface area (Å²) in [7, 11) is 0. The minimum absolute atomic E-state index is 0.381. The molecule has 2 rings (SSSR count). The summed E-state index contributed by atoms with van der Waals surface area (Å²) in [5.41, 5.74) is -0.855. The van der Waals surface area contributed by atoms with E-state index in [-0.39, 0.29) is 0 Å². The van der Waals surface area contributed by atoms with Gasteiger partial charge in [0.2, 0.25) is 5.91 Å². The molecular weight excluding hydrogens is 253 g/mol. The van der Waals surface area contributed by atoms with Crippen molar-refractivity contribution in [2.45, 2.75) is 6.54 Å². The fourth-order valence-corrected chi connectivity index (χ4v) is 1.48. The number of carbonyl (C=O) groups excluding carboxylic acids is 1. The summed E-state index contributed by atoms with van der Waals surface area (Å²) >= 11 is 0. The van der Waals surface area contributed by atoms with Crippen molar-refractivity contribution in [2.24, 2.45) is 0 Å². The molecule has 19 heavy (non-hydrogen) atoms. The Morgan fingerprint density at radius 3 is 2.53 bits per heavy atom. The van der Waals surface area contributed by atoms with Crippen molar-refractivity contribution in [3.63, 3.8) is 0 Å². The molecule has 0 unspecified atom stereocenters. The highest BCUT2D eigenvalue weighted by Crippen LogP contribution is 2.07. The van der Waals surface area contributed by atoms with E-state index in [0.717, 1.165) is 10.6 Å². The standard InChI is InChI=1S/C12H10FN3O3/c13-8-1-3-9(4-2-8)15-10(17)7-16-11(18)5-6-14-12(16)19/h1-6H,7H2,(H,14,19)(H,15,17). The van der Waals surface area contributed by atoms with Crippen LogP contribution in [0.1, 0.15) is 0 Å². The van der Waals surface area contributed by atoms with Crippen LogP contribution in [0.25, 0.3) is 0 Å². The zero-order valence-corrected chi connectivity index (χ0v) is 9.72. The molecule has 1 heterocycles. The Kier molecular flexibility index (Phi) is 3.56. The smallest absolute Gasteiger partial charge is 0.325 e. The third-order valence-electron chi connectivity index (χ3n) is 2.37. The lowest BCUT2D eigenvalue weighted by Gasteiger charge is -2.06. The number of halogens is 1. The van der Waals surface area contributed by atoms with Gasteiger partial charge in [-0.3, -0.25) is 14.2 Å². The number of aromatic nitrogens is 2. The van der Waals surface area contributed by atoms with Crippen molar-refractivity contribution < 1.29 is 9.18 Å². The van der Waals surface area contributed by atoms with E-state index in [9.17, 15) is 18.8 Å². The van der Waals surface area contributed by atoms with Crippen LogP contribution in [0.15, 0.2) is 46.1 Å². The summed E-state index contributed by atoms with van der Waals surface area (Å²) < 4.78 is 13.4. The summed E-state index contributed by atoms with van der Waals surface area (Å²) in [5.74, 6) is -0.973. The summed E-state index contributed by atoms with van der Waals surface area (Å²) in [6, 6.07) is 6.29. The molecule has 0 bridgehead atoms. The van der Waals surface area contributed by atoms with E-state index in [1.165, 1.54) is 30.5 Å². The van der Waals surface area contributed by atoms with Crippen LogP contribution in [0.5, 0.6) is 0 Å². The van der Waals surface area contributed by atoms with Gasteiger partial charge >= 0.3 is 5.69 Å². The summed E-state index contributed by atoms with van der Waals surface area (Å²) in [6.07, 6.45) is 1.21. The van der Waals surface area contributed by atoms with Crippen molar-refractivity contribution >= 4 is 11.6 Å². The second-order valence-electron chi connectivity index (χ2n) is 3.76. The predicted octanol–water partition coefficient (Wildman–Crippen LogP) is 0.314. The van der Waals surface area contributed by atoms with Crippen LogP contribution in [0, 0.1) is 5.82 Å². The van der Waals surface area contributed by atoms with Crippen LogP contribution in [0.3, 0.4) is 0 Å². The topological polar surface area (TPSA) is 84.0 Å². The molecule has 0 saturated carbocycles. The molecule has 0 aliphatic rings. The van der Waals surface area contributed by atoms with E-state index >= 15 is 0 Å². The highest BCUT2D eigenvalue weighted by molar-refractivity contribution is 5.90. The molecule has 0 fully saturated rings. The molecule has 0 aliphatic heterocycles. The molecule has 1 aromatic heterocycles. The summed E-state index contributed by atoms with van der Waals surface area (Å²) in [6.45, 7) is -0.410. The highest BCUT2D eigenvalue weighted by Gasteiger charge is 2.07. The Hall–Kier alpha value is -2.70.